The van der Waals surface area contributed by atoms with Crippen LogP contribution in [0.3, 0.4) is 0 Å². The van der Waals surface area contributed by atoms with E-state index in [1.807, 2.05) is 6.07 Å². The Labute approximate surface area is 167 Å². The fourth-order valence-corrected chi connectivity index (χ4v) is 3.08. The molecule has 11 heteroatoms. The number of carbonyl (C=O) groups excluding carboxylic acids is 1. The zero-order valence-corrected chi connectivity index (χ0v) is 16.1. The van der Waals surface area contributed by atoms with Crippen LogP contribution in [-0.4, -0.2) is 28.2 Å². The molecule has 2 aromatic rings. The molecule has 148 valence electrons. The number of alkyl halides is 3. The zero-order valence-electron chi connectivity index (χ0n) is 14.5. The number of nitriles is 1. The normalized spacial score (nSPS) is 11.1. The summed E-state index contributed by atoms with van der Waals surface area (Å²) in [6.45, 7) is 1.86. The van der Waals surface area contributed by atoms with Crippen molar-refractivity contribution >= 4 is 35.0 Å². The van der Waals surface area contributed by atoms with Gasteiger partial charge in [0, 0.05) is 23.3 Å². The number of rotatable bonds is 6. The molecule has 0 aliphatic heterocycles. The minimum atomic E-state index is -4.77. The Kier molecular flexibility index (Phi) is 7.10. The third-order valence-electron chi connectivity index (χ3n) is 3.54. The number of H-pyrrole nitrogens is 1. The highest BCUT2D eigenvalue weighted by molar-refractivity contribution is 7.99. The van der Waals surface area contributed by atoms with Crippen LogP contribution in [0.25, 0.3) is 0 Å². The van der Waals surface area contributed by atoms with Gasteiger partial charge in [-0.15, -0.1) is 0 Å². The molecule has 0 aliphatic rings. The van der Waals surface area contributed by atoms with Crippen molar-refractivity contribution in [2.45, 2.75) is 24.7 Å². The summed E-state index contributed by atoms with van der Waals surface area (Å²) in [7, 11) is 0. The first-order chi connectivity index (χ1) is 13.1. The predicted molar refractivity (Wildman–Crippen MR) is 99.4 cm³/mol. The Balaban J connectivity index is 2.20. The molecule has 0 radical (unpaired) electrons. The lowest BCUT2D eigenvalue weighted by Crippen LogP contribution is -2.33. The van der Waals surface area contributed by atoms with Crippen molar-refractivity contribution in [2.24, 2.45) is 0 Å². The van der Waals surface area contributed by atoms with Crippen LogP contribution in [0.5, 0.6) is 0 Å². The van der Waals surface area contributed by atoms with Crippen molar-refractivity contribution < 1.29 is 18.0 Å². The SMILES string of the molecule is Cc1cc(N(CCC#N)C(=O)CSc2nc(C(F)(F)F)cc(=O)[nH]2)ccc1Cl. The van der Waals surface area contributed by atoms with E-state index < -0.39 is 23.3 Å². The molecule has 0 atom stereocenters. The molecule has 0 spiro atoms. The average Bonchev–Trinajstić information content (AvgIpc) is 2.62. The molecule has 6 nitrogen and oxygen atoms in total. The van der Waals surface area contributed by atoms with Crippen LogP contribution in [0.15, 0.2) is 34.2 Å². The highest BCUT2D eigenvalue weighted by atomic mass is 35.5. The van der Waals surface area contributed by atoms with Gasteiger partial charge in [0.2, 0.25) is 5.91 Å². The van der Waals surface area contributed by atoms with Crippen LogP contribution in [0.1, 0.15) is 17.7 Å². The highest BCUT2D eigenvalue weighted by Crippen LogP contribution is 2.28. The average molecular weight is 431 g/mol. The van der Waals surface area contributed by atoms with Gasteiger partial charge < -0.3 is 9.88 Å². The molecule has 1 amide bonds. The number of thioether (sulfide) groups is 1. The van der Waals surface area contributed by atoms with Crippen LogP contribution in [0.4, 0.5) is 18.9 Å². The second kappa shape index (κ2) is 9.12. The predicted octanol–water partition coefficient (Wildman–Crippen LogP) is 3.79. The highest BCUT2D eigenvalue weighted by Gasteiger charge is 2.33. The topological polar surface area (TPSA) is 89.8 Å². The lowest BCUT2D eigenvalue weighted by atomic mass is 10.2. The standard InChI is InChI=1S/C17H14ClF3N4O2S/c1-10-7-11(3-4-12(10)18)25(6-2-5-22)15(27)9-28-16-23-13(17(19,20)21)8-14(26)24-16/h3-4,7-8H,2,6,9H2,1H3,(H,23,24,26). The molecule has 0 unspecified atom stereocenters. The van der Waals surface area contributed by atoms with Gasteiger partial charge in [0.05, 0.1) is 18.2 Å². The van der Waals surface area contributed by atoms with Crippen LogP contribution < -0.4 is 10.5 Å². The molecule has 0 aliphatic carbocycles. The first-order valence-electron chi connectivity index (χ1n) is 7.86. The molecule has 1 aromatic carbocycles. The van der Waals surface area contributed by atoms with E-state index in [0.717, 1.165) is 5.56 Å². The number of benzene rings is 1. The number of hydrogen-bond donors (Lipinski definition) is 1. The van der Waals surface area contributed by atoms with Gasteiger partial charge >= 0.3 is 6.18 Å². The summed E-state index contributed by atoms with van der Waals surface area (Å²) in [5.74, 6) is -0.737. The third-order valence-corrected chi connectivity index (χ3v) is 4.83. The van der Waals surface area contributed by atoms with E-state index in [1.165, 1.54) is 4.90 Å². The number of amides is 1. The first kappa shape index (κ1) is 21.8. The van der Waals surface area contributed by atoms with Gasteiger partial charge in [0.15, 0.2) is 10.9 Å². The lowest BCUT2D eigenvalue weighted by molar-refractivity contribution is -0.141. The number of aromatic amines is 1. The number of nitrogens with one attached hydrogen (secondary N) is 1. The van der Waals surface area contributed by atoms with Gasteiger partial charge in [-0.2, -0.15) is 18.4 Å². The molecule has 0 fully saturated rings. The number of halogens is 4. The van der Waals surface area contributed by atoms with Gasteiger partial charge in [0.25, 0.3) is 5.56 Å². The summed E-state index contributed by atoms with van der Waals surface area (Å²) in [5, 5.41) is 9.01. The quantitative estimate of drug-likeness (QED) is 0.556. The van der Waals surface area contributed by atoms with Gasteiger partial charge in [-0.3, -0.25) is 9.59 Å². The van der Waals surface area contributed by atoms with Gasteiger partial charge in [-0.25, -0.2) is 4.98 Å². The second-order valence-electron chi connectivity index (χ2n) is 5.61. The van der Waals surface area contributed by atoms with Crippen molar-refractivity contribution in [2.75, 3.05) is 17.2 Å². The summed E-state index contributed by atoms with van der Waals surface area (Å²) in [5.41, 5.74) is -1.06. The second-order valence-corrected chi connectivity index (χ2v) is 6.98. The van der Waals surface area contributed by atoms with Gasteiger partial charge in [0.1, 0.15) is 0 Å². The van der Waals surface area contributed by atoms with E-state index in [2.05, 4.69) is 9.97 Å². The Bertz CT molecular complexity index is 972. The number of nitrogens with zero attached hydrogens (tertiary/aromatic N) is 3. The molecule has 2 rings (SSSR count). The number of aromatic nitrogens is 2. The van der Waals surface area contributed by atoms with Gasteiger partial charge in [-0.05, 0) is 30.7 Å². The summed E-state index contributed by atoms with van der Waals surface area (Å²) in [4.78, 5) is 30.9. The van der Waals surface area contributed by atoms with Crippen LogP contribution >= 0.6 is 23.4 Å². The van der Waals surface area contributed by atoms with Crippen molar-refractivity contribution in [1.29, 1.82) is 5.26 Å². The Morgan fingerprint density at radius 1 is 1.39 bits per heavy atom. The van der Waals surface area contributed by atoms with Crippen LogP contribution in [0, 0.1) is 18.3 Å². The number of anilines is 1. The van der Waals surface area contributed by atoms with E-state index >= 15 is 0 Å². The summed E-state index contributed by atoms with van der Waals surface area (Å²) in [6.07, 6.45) is -4.70. The maximum Gasteiger partial charge on any atom is 0.433 e. The maximum absolute atomic E-state index is 12.8. The molecular formula is C17H14ClF3N4O2S. The molecule has 1 heterocycles. The molecule has 0 saturated heterocycles. The third kappa shape index (κ3) is 5.74. The molecule has 1 aromatic heterocycles. The minimum Gasteiger partial charge on any atom is -0.311 e. The van der Waals surface area contributed by atoms with Crippen molar-refractivity contribution in [3.63, 3.8) is 0 Å². The van der Waals surface area contributed by atoms with E-state index in [-0.39, 0.29) is 23.9 Å². The Hall–Kier alpha value is -2.51. The van der Waals surface area contributed by atoms with E-state index in [4.69, 9.17) is 16.9 Å². The Morgan fingerprint density at radius 2 is 2.11 bits per heavy atom. The molecule has 1 N–H and O–H groups in total. The number of hydrogen-bond acceptors (Lipinski definition) is 5. The van der Waals surface area contributed by atoms with E-state index in [9.17, 15) is 22.8 Å². The maximum atomic E-state index is 12.8. The Morgan fingerprint density at radius 3 is 2.71 bits per heavy atom. The largest absolute Gasteiger partial charge is 0.433 e. The fourth-order valence-electron chi connectivity index (χ4n) is 2.21. The fraction of sp³-hybridized carbons (Fsp3) is 0.294. The van der Waals surface area contributed by atoms with E-state index in [1.54, 1.807) is 25.1 Å². The summed E-state index contributed by atoms with van der Waals surface area (Å²) in [6, 6.07) is 7.18. The van der Waals surface area contributed by atoms with E-state index in [0.29, 0.717) is 28.5 Å². The van der Waals surface area contributed by atoms with Gasteiger partial charge in [-0.1, -0.05) is 23.4 Å². The summed E-state index contributed by atoms with van der Waals surface area (Å²) < 4.78 is 38.3. The molecular weight excluding hydrogens is 417 g/mol. The molecule has 0 saturated carbocycles. The van der Waals surface area contributed by atoms with Crippen molar-refractivity contribution in [1.82, 2.24) is 9.97 Å². The van der Waals surface area contributed by atoms with Crippen molar-refractivity contribution in [3.8, 4) is 6.07 Å². The smallest absolute Gasteiger partial charge is 0.311 e. The molecule has 28 heavy (non-hydrogen) atoms. The lowest BCUT2D eigenvalue weighted by Gasteiger charge is -2.22. The van der Waals surface area contributed by atoms with Crippen molar-refractivity contribution in [3.05, 3.63) is 50.9 Å². The van der Waals surface area contributed by atoms with Crippen LogP contribution in [-0.2, 0) is 11.0 Å². The number of carbonyl (C=O) groups is 1. The number of aryl methyl sites for hydroxylation is 1. The summed E-state index contributed by atoms with van der Waals surface area (Å²) >= 11 is 6.65. The van der Waals surface area contributed by atoms with Crippen LogP contribution in [0.2, 0.25) is 5.02 Å². The monoisotopic (exact) mass is 430 g/mol. The zero-order chi connectivity index (χ0) is 20.9. The minimum absolute atomic E-state index is 0.0662. The molecule has 0 bridgehead atoms. The first-order valence-corrected chi connectivity index (χ1v) is 9.23.